The van der Waals surface area contributed by atoms with Crippen LogP contribution in [0.25, 0.3) is 10.9 Å². The van der Waals surface area contributed by atoms with Crippen molar-refractivity contribution in [2.24, 2.45) is 0 Å². The van der Waals surface area contributed by atoms with E-state index in [0.717, 1.165) is 17.5 Å². The number of fused-ring (bicyclic) bond motifs is 1. The molecular weight excluding hydrogens is 579 g/mol. The Kier molecular flexibility index (Phi) is 8.70. The summed E-state index contributed by atoms with van der Waals surface area (Å²) in [6.45, 7) is 8.41. The van der Waals surface area contributed by atoms with Gasteiger partial charge in [0.25, 0.3) is 5.56 Å². The summed E-state index contributed by atoms with van der Waals surface area (Å²) in [6.07, 6.45) is 0.278. The van der Waals surface area contributed by atoms with E-state index in [2.05, 4.69) is 15.2 Å². The molecule has 0 aliphatic carbocycles. The summed E-state index contributed by atoms with van der Waals surface area (Å²) in [5, 5.41) is 3.72. The number of benzene rings is 2. The van der Waals surface area contributed by atoms with Gasteiger partial charge in [-0.15, -0.1) is 0 Å². The molecule has 216 valence electrons. The average molecular weight is 612 g/mol. The van der Waals surface area contributed by atoms with Crippen molar-refractivity contribution in [3.63, 3.8) is 0 Å². The molecule has 2 heterocycles. The lowest BCUT2D eigenvalue weighted by molar-refractivity contribution is 0.0505. The molecular formula is C27H32Cl2N4O6S. The Bertz CT molecular complexity index is 1680. The van der Waals surface area contributed by atoms with Crippen LogP contribution in [0.4, 0.5) is 4.79 Å². The highest BCUT2D eigenvalue weighted by molar-refractivity contribution is 7.91. The molecule has 1 aliphatic rings. The van der Waals surface area contributed by atoms with E-state index >= 15 is 0 Å². The number of halogens is 2. The quantitative estimate of drug-likeness (QED) is 0.414. The van der Waals surface area contributed by atoms with Gasteiger partial charge in [0.2, 0.25) is 0 Å². The Hall–Kier alpha value is -2.86. The van der Waals surface area contributed by atoms with Gasteiger partial charge in [-0.3, -0.25) is 14.3 Å². The molecule has 1 saturated heterocycles. The van der Waals surface area contributed by atoms with Gasteiger partial charge in [-0.25, -0.2) is 18.0 Å². The predicted octanol–water partition coefficient (Wildman–Crippen LogP) is 3.94. The maximum Gasteiger partial charge on any atom is 0.407 e. The van der Waals surface area contributed by atoms with Crippen molar-refractivity contribution in [1.29, 1.82) is 0 Å². The second-order valence-corrected chi connectivity index (χ2v) is 13.9. The van der Waals surface area contributed by atoms with Crippen LogP contribution in [0.15, 0.2) is 44.8 Å². The van der Waals surface area contributed by atoms with Crippen molar-refractivity contribution >= 4 is 50.0 Å². The van der Waals surface area contributed by atoms with E-state index in [0.29, 0.717) is 29.2 Å². The lowest BCUT2D eigenvalue weighted by atomic mass is 10.1. The number of sulfone groups is 1. The predicted molar refractivity (Wildman–Crippen MR) is 155 cm³/mol. The van der Waals surface area contributed by atoms with E-state index in [1.807, 2.05) is 0 Å². The van der Waals surface area contributed by atoms with E-state index in [9.17, 15) is 22.8 Å². The zero-order valence-corrected chi connectivity index (χ0v) is 25.0. The molecule has 13 heteroatoms. The summed E-state index contributed by atoms with van der Waals surface area (Å²) < 4.78 is 31.5. The lowest BCUT2D eigenvalue weighted by Crippen LogP contribution is -2.40. The van der Waals surface area contributed by atoms with Crippen LogP contribution >= 0.6 is 23.2 Å². The first-order valence-electron chi connectivity index (χ1n) is 12.8. The van der Waals surface area contributed by atoms with Gasteiger partial charge in [0.1, 0.15) is 5.60 Å². The monoisotopic (exact) mass is 610 g/mol. The summed E-state index contributed by atoms with van der Waals surface area (Å²) in [6, 6.07) is 7.39. The van der Waals surface area contributed by atoms with Crippen molar-refractivity contribution in [3.8, 4) is 0 Å². The largest absolute Gasteiger partial charge is 0.444 e. The van der Waals surface area contributed by atoms with E-state index < -0.39 is 32.8 Å². The van der Waals surface area contributed by atoms with E-state index in [1.54, 1.807) is 26.8 Å². The SMILES string of the molecule is CCS(=O)(=O)c1ccc(Cl)cc1Cn1c(=O)[nH]c2cc(CN3CC[C@@H](NC(=O)OC(C)(C)C)C3)c(Cl)cc2c1=O. The van der Waals surface area contributed by atoms with Crippen LogP contribution in [-0.4, -0.2) is 59.4 Å². The van der Waals surface area contributed by atoms with Crippen LogP contribution in [0.5, 0.6) is 0 Å². The first-order valence-corrected chi connectivity index (χ1v) is 15.3. The number of aromatic nitrogens is 2. The van der Waals surface area contributed by atoms with Gasteiger partial charge in [0.05, 0.1) is 28.1 Å². The number of amides is 1. The van der Waals surface area contributed by atoms with Gasteiger partial charge < -0.3 is 15.0 Å². The summed E-state index contributed by atoms with van der Waals surface area (Å²) >= 11 is 12.7. The topological polar surface area (TPSA) is 131 Å². The molecule has 1 fully saturated rings. The Morgan fingerprint density at radius 3 is 2.52 bits per heavy atom. The third-order valence-electron chi connectivity index (χ3n) is 6.60. The van der Waals surface area contributed by atoms with E-state index in [-0.39, 0.29) is 39.2 Å². The third kappa shape index (κ3) is 6.88. The molecule has 1 amide bonds. The molecule has 1 aromatic heterocycles. The summed E-state index contributed by atoms with van der Waals surface area (Å²) in [5.41, 5.74) is -0.595. The number of likely N-dealkylation sites (tertiary alicyclic amines) is 1. The molecule has 0 spiro atoms. The number of hydrogen-bond donors (Lipinski definition) is 2. The Labute approximate surface area is 242 Å². The van der Waals surface area contributed by atoms with Gasteiger partial charge in [0, 0.05) is 35.7 Å². The first-order chi connectivity index (χ1) is 18.7. The number of hydrogen-bond acceptors (Lipinski definition) is 7. The Morgan fingerprint density at radius 2 is 1.85 bits per heavy atom. The number of ether oxygens (including phenoxy) is 1. The smallest absolute Gasteiger partial charge is 0.407 e. The molecule has 40 heavy (non-hydrogen) atoms. The third-order valence-corrected chi connectivity index (χ3v) is 9.02. The highest BCUT2D eigenvalue weighted by Crippen LogP contribution is 2.25. The number of H-pyrrole nitrogens is 1. The van der Waals surface area contributed by atoms with Crippen LogP contribution in [0.1, 0.15) is 45.2 Å². The van der Waals surface area contributed by atoms with E-state index in [1.165, 1.54) is 31.2 Å². The lowest BCUT2D eigenvalue weighted by Gasteiger charge is -2.22. The molecule has 4 rings (SSSR count). The summed E-state index contributed by atoms with van der Waals surface area (Å²) in [7, 11) is -3.62. The normalized spacial score (nSPS) is 16.4. The highest BCUT2D eigenvalue weighted by atomic mass is 35.5. The fourth-order valence-corrected chi connectivity index (χ4v) is 6.22. The molecule has 1 atom stereocenters. The van der Waals surface area contributed by atoms with Crippen molar-refractivity contribution in [2.75, 3.05) is 18.8 Å². The minimum atomic E-state index is -3.62. The molecule has 10 nitrogen and oxygen atoms in total. The van der Waals surface area contributed by atoms with Crippen molar-refractivity contribution in [3.05, 3.63) is 72.3 Å². The van der Waals surface area contributed by atoms with E-state index in [4.69, 9.17) is 27.9 Å². The number of nitrogens with one attached hydrogen (secondary N) is 2. The zero-order valence-electron chi connectivity index (χ0n) is 22.7. The van der Waals surface area contributed by atoms with Crippen molar-refractivity contribution in [2.45, 2.75) is 63.7 Å². The van der Waals surface area contributed by atoms with Crippen LogP contribution < -0.4 is 16.6 Å². The van der Waals surface area contributed by atoms with Gasteiger partial charge in [-0.1, -0.05) is 30.1 Å². The maximum atomic E-state index is 13.4. The van der Waals surface area contributed by atoms with Gasteiger partial charge >= 0.3 is 11.8 Å². The second-order valence-electron chi connectivity index (χ2n) is 10.8. The van der Waals surface area contributed by atoms with Gasteiger partial charge in [-0.05, 0) is 68.7 Å². The van der Waals surface area contributed by atoms with Crippen LogP contribution in [0, 0.1) is 0 Å². The summed E-state index contributed by atoms with van der Waals surface area (Å²) in [4.78, 5) is 43.3. The number of alkyl carbamates (subject to hydrolysis) is 1. The Balaban J connectivity index is 1.58. The molecule has 0 bridgehead atoms. The molecule has 0 radical (unpaired) electrons. The molecule has 2 aromatic carbocycles. The van der Waals surface area contributed by atoms with Crippen LogP contribution in [0.2, 0.25) is 10.0 Å². The molecule has 0 saturated carbocycles. The summed E-state index contributed by atoms with van der Waals surface area (Å²) in [5.74, 6) is -0.141. The number of nitrogens with zero attached hydrogens (tertiary/aromatic N) is 2. The second kappa shape index (κ2) is 11.6. The molecule has 3 aromatic rings. The van der Waals surface area contributed by atoms with Gasteiger partial charge in [-0.2, -0.15) is 0 Å². The van der Waals surface area contributed by atoms with Gasteiger partial charge in [0.15, 0.2) is 9.84 Å². The van der Waals surface area contributed by atoms with Crippen molar-refractivity contribution in [1.82, 2.24) is 19.8 Å². The number of aromatic amines is 1. The minimum absolute atomic E-state index is 0.0178. The fraction of sp³-hybridized carbons (Fsp3) is 0.444. The molecule has 1 aliphatic heterocycles. The molecule has 0 unspecified atom stereocenters. The first kappa shape index (κ1) is 30.1. The average Bonchev–Trinajstić information content (AvgIpc) is 3.28. The number of rotatable bonds is 7. The minimum Gasteiger partial charge on any atom is -0.444 e. The number of carbonyl (C=O) groups is 1. The van der Waals surface area contributed by atoms with Crippen LogP contribution in [0.3, 0.4) is 0 Å². The number of carbonyl (C=O) groups excluding carboxylic acids is 1. The highest BCUT2D eigenvalue weighted by Gasteiger charge is 2.27. The Morgan fingerprint density at radius 1 is 1.12 bits per heavy atom. The zero-order chi connectivity index (χ0) is 29.4. The fourth-order valence-electron chi connectivity index (χ4n) is 4.69. The maximum absolute atomic E-state index is 13.4. The van der Waals surface area contributed by atoms with Crippen molar-refractivity contribution < 1.29 is 17.9 Å². The standard InChI is InChI=1S/C27H32Cl2N4O6S/c1-5-40(37,38)23-7-6-18(28)10-17(23)14-33-24(34)20-12-21(29)16(11-22(20)31-25(33)35)13-32-9-8-19(15-32)30-26(36)39-27(2,3)4/h6-7,10-12,19H,5,8-9,13-15H2,1-4H3,(H,30,36)(H,31,35)/t19-/m1/s1. The van der Waals surface area contributed by atoms with Crippen LogP contribution in [-0.2, 0) is 27.7 Å². The molecule has 2 N–H and O–H groups in total.